The predicted octanol–water partition coefficient (Wildman–Crippen LogP) is 7.22. The van der Waals surface area contributed by atoms with Crippen molar-refractivity contribution in [1.29, 1.82) is 0 Å². The van der Waals surface area contributed by atoms with Crippen LogP contribution in [0.4, 0.5) is 0 Å². The zero-order valence-corrected chi connectivity index (χ0v) is 19.0. The molecule has 5 nitrogen and oxygen atoms in total. The molecule has 0 amide bonds. The fourth-order valence-electron chi connectivity index (χ4n) is 3.03. The summed E-state index contributed by atoms with van der Waals surface area (Å²) in [6, 6.07) is 4.29. The largest absolute Gasteiger partial charge is 0.481 e. The average molecular weight is 412 g/mol. The van der Waals surface area contributed by atoms with Crippen LogP contribution in [0.15, 0.2) is 18.3 Å². The molecule has 0 saturated heterocycles. The zero-order valence-electron chi connectivity index (χ0n) is 19.0. The number of aromatic nitrogens is 1. The molecule has 0 aliphatic heterocycles. The van der Waals surface area contributed by atoms with Crippen molar-refractivity contribution in [3.8, 4) is 0 Å². The normalized spacial score (nSPS) is 9.76. The summed E-state index contributed by atoms with van der Waals surface area (Å²) in [5.74, 6) is -1.67. The van der Waals surface area contributed by atoms with E-state index >= 15 is 0 Å². The van der Waals surface area contributed by atoms with Crippen LogP contribution in [0.1, 0.15) is 116 Å². The van der Waals surface area contributed by atoms with Crippen LogP contribution in [0.5, 0.6) is 0 Å². The maximum absolute atomic E-state index is 9.00. The van der Waals surface area contributed by atoms with E-state index in [0.29, 0.717) is 0 Å². The molecule has 0 saturated carbocycles. The average Bonchev–Trinajstić information content (AvgIpc) is 3.14. The number of unbranched alkanes of at least 4 members (excludes halogenated alkanes) is 13. The smallest absolute Gasteiger partial charge is 0.300 e. The predicted molar refractivity (Wildman–Crippen MR) is 121 cm³/mol. The fourth-order valence-corrected chi connectivity index (χ4v) is 3.03. The molecule has 0 spiro atoms. The van der Waals surface area contributed by atoms with Crippen LogP contribution < -0.4 is 0 Å². The van der Waals surface area contributed by atoms with Gasteiger partial charge in [-0.25, -0.2) is 0 Å². The number of hydrogen-bond acceptors (Lipinski definition) is 2. The number of carboxylic acids is 2. The number of aryl methyl sites for hydroxylation is 1. The Balaban J connectivity index is 0. The summed E-state index contributed by atoms with van der Waals surface area (Å²) in [5, 5.41) is 14.8. The van der Waals surface area contributed by atoms with Crippen LogP contribution >= 0.6 is 0 Å². The summed E-state index contributed by atoms with van der Waals surface area (Å²) in [4.78, 5) is 21.3. The van der Waals surface area contributed by atoms with E-state index in [1.165, 1.54) is 102 Å². The van der Waals surface area contributed by atoms with Gasteiger partial charge in [0, 0.05) is 25.7 Å². The quantitative estimate of drug-likeness (QED) is 0.266. The summed E-state index contributed by atoms with van der Waals surface area (Å²) >= 11 is 0. The van der Waals surface area contributed by atoms with Gasteiger partial charge in [0.25, 0.3) is 11.9 Å². The number of nitrogens with one attached hydrogen (secondary N) is 1. The third-order valence-corrected chi connectivity index (χ3v) is 4.46. The number of aliphatic carboxylic acids is 2. The first-order valence-corrected chi connectivity index (χ1v) is 11.4. The molecule has 5 heteroatoms. The van der Waals surface area contributed by atoms with Gasteiger partial charge in [0.15, 0.2) is 0 Å². The van der Waals surface area contributed by atoms with Gasteiger partial charge >= 0.3 is 0 Å². The van der Waals surface area contributed by atoms with Crippen LogP contribution in [0, 0.1) is 0 Å². The van der Waals surface area contributed by atoms with E-state index in [9.17, 15) is 0 Å². The Morgan fingerprint density at radius 2 is 1.07 bits per heavy atom. The molecule has 1 heterocycles. The van der Waals surface area contributed by atoms with E-state index < -0.39 is 11.9 Å². The second-order valence-electron chi connectivity index (χ2n) is 7.58. The van der Waals surface area contributed by atoms with Crippen LogP contribution in [0.2, 0.25) is 0 Å². The third-order valence-electron chi connectivity index (χ3n) is 4.46. The maximum Gasteiger partial charge on any atom is 0.300 e. The Morgan fingerprint density at radius 3 is 1.38 bits per heavy atom. The van der Waals surface area contributed by atoms with Gasteiger partial charge in [0.05, 0.1) is 0 Å². The first kappa shape index (κ1) is 29.4. The Labute approximate surface area is 178 Å². The minimum absolute atomic E-state index is 0.833. The standard InChI is InChI=1S/C20H37N.2C2H4O2/c1-2-3-4-5-6-7-8-9-10-11-12-13-14-15-17-20-18-16-19-21-20;2*1-2(3)4/h16,18-19,21H,2-15,17H2,1H3;2*1H3,(H,3,4). The molecule has 0 fully saturated rings. The minimum atomic E-state index is -0.833. The monoisotopic (exact) mass is 411 g/mol. The SMILES string of the molecule is CC(=O)O.CC(=O)O.CCCCCCCCCCCCCCCCc1ccc[nH]1. The molecule has 29 heavy (non-hydrogen) atoms. The van der Waals surface area contributed by atoms with Crippen molar-refractivity contribution in [2.75, 3.05) is 0 Å². The molecule has 0 aromatic carbocycles. The van der Waals surface area contributed by atoms with Crippen LogP contribution in [-0.2, 0) is 16.0 Å². The van der Waals surface area contributed by atoms with Crippen LogP contribution in [0.3, 0.4) is 0 Å². The highest BCUT2D eigenvalue weighted by Crippen LogP contribution is 2.13. The van der Waals surface area contributed by atoms with Crippen LogP contribution in [-0.4, -0.2) is 27.1 Å². The molecule has 0 unspecified atom stereocenters. The molecule has 3 N–H and O–H groups in total. The lowest BCUT2D eigenvalue weighted by Crippen LogP contribution is -1.86. The van der Waals surface area contributed by atoms with Gasteiger partial charge in [0.2, 0.25) is 0 Å². The number of hydrogen-bond donors (Lipinski definition) is 3. The number of aromatic amines is 1. The van der Waals surface area contributed by atoms with Gasteiger partial charge < -0.3 is 15.2 Å². The van der Waals surface area contributed by atoms with E-state index in [4.69, 9.17) is 19.8 Å². The maximum atomic E-state index is 9.00. The van der Waals surface area contributed by atoms with Gasteiger partial charge in [-0.05, 0) is 25.0 Å². The molecule has 0 aliphatic rings. The van der Waals surface area contributed by atoms with Crippen LogP contribution in [0.25, 0.3) is 0 Å². The minimum Gasteiger partial charge on any atom is -0.481 e. The topological polar surface area (TPSA) is 90.4 Å². The van der Waals surface area contributed by atoms with E-state index in [2.05, 4.69) is 24.0 Å². The molecule has 0 bridgehead atoms. The van der Waals surface area contributed by atoms with Crippen molar-refractivity contribution in [2.24, 2.45) is 0 Å². The van der Waals surface area contributed by atoms with E-state index in [0.717, 1.165) is 13.8 Å². The van der Waals surface area contributed by atoms with Gasteiger partial charge in [-0.2, -0.15) is 0 Å². The Kier molecular flexibility index (Phi) is 24.6. The molecule has 1 aromatic heterocycles. The van der Waals surface area contributed by atoms with Crippen molar-refractivity contribution in [3.63, 3.8) is 0 Å². The molecular formula is C24H45NO4. The van der Waals surface area contributed by atoms with Crippen molar-refractivity contribution < 1.29 is 19.8 Å². The van der Waals surface area contributed by atoms with Crippen molar-refractivity contribution in [1.82, 2.24) is 4.98 Å². The molecule has 0 aliphatic carbocycles. The number of rotatable bonds is 15. The van der Waals surface area contributed by atoms with Gasteiger partial charge in [-0.15, -0.1) is 0 Å². The van der Waals surface area contributed by atoms with Crippen molar-refractivity contribution in [2.45, 2.75) is 117 Å². The fraction of sp³-hybridized carbons (Fsp3) is 0.750. The van der Waals surface area contributed by atoms with Gasteiger partial charge in [-0.1, -0.05) is 90.4 Å². The van der Waals surface area contributed by atoms with Crippen molar-refractivity contribution in [3.05, 3.63) is 24.0 Å². The Morgan fingerprint density at radius 1 is 0.724 bits per heavy atom. The Hall–Kier alpha value is -1.78. The lowest BCUT2D eigenvalue weighted by molar-refractivity contribution is -0.135. The third kappa shape index (κ3) is 34.2. The molecule has 170 valence electrons. The summed E-state index contributed by atoms with van der Waals surface area (Å²) < 4.78 is 0. The van der Waals surface area contributed by atoms with E-state index in [-0.39, 0.29) is 0 Å². The summed E-state index contributed by atoms with van der Waals surface area (Å²) in [5.41, 5.74) is 1.40. The second-order valence-corrected chi connectivity index (χ2v) is 7.58. The first-order valence-electron chi connectivity index (χ1n) is 11.4. The number of H-pyrrole nitrogens is 1. The zero-order chi connectivity index (χ0) is 22.2. The van der Waals surface area contributed by atoms with Gasteiger partial charge in [0.1, 0.15) is 0 Å². The lowest BCUT2D eigenvalue weighted by atomic mass is 10.0. The Bertz CT molecular complexity index is 437. The van der Waals surface area contributed by atoms with Crippen molar-refractivity contribution >= 4 is 11.9 Å². The van der Waals surface area contributed by atoms with E-state index in [1.807, 2.05) is 6.20 Å². The molecule has 0 radical (unpaired) electrons. The lowest BCUT2D eigenvalue weighted by Gasteiger charge is -2.03. The summed E-state index contributed by atoms with van der Waals surface area (Å²) in [6.45, 7) is 4.46. The summed E-state index contributed by atoms with van der Waals surface area (Å²) in [6.07, 6.45) is 23.4. The summed E-state index contributed by atoms with van der Waals surface area (Å²) in [7, 11) is 0. The number of carbonyl (C=O) groups is 2. The molecule has 1 aromatic rings. The molecule has 1 rings (SSSR count). The number of carboxylic acid groups (broad SMARTS) is 2. The highest BCUT2D eigenvalue weighted by Gasteiger charge is 1.95. The molecule has 0 atom stereocenters. The van der Waals surface area contributed by atoms with Gasteiger partial charge in [-0.3, -0.25) is 9.59 Å². The van der Waals surface area contributed by atoms with E-state index in [1.54, 1.807) is 0 Å². The first-order chi connectivity index (χ1) is 13.9. The second kappa shape index (κ2) is 24.3. The highest BCUT2D eigenvalue weighted by atomic mass is 16.4. The highest BCUT2D eigenvalue weighted by molar-refractivity contribution is 5.63. The molecular weight excluding hydrogens is 366 g/mol.